The summed E-state index contributed by atoms with van der Waals surface area (Å²) in [4.78, 5) is 33.9. The second-order valence-corrected chi connectivity index (χ2v) is 13.2. The van der Waals surface area contributed by atoms with Gasteiger partial charge in [0.15, 0.2) is 5.82 Å². The molecule has 1 aromatic heterocycles. The average Bonchev–Trinajstić information content (AvgIpc) is 3.38. The first-order chi connectivity index (χ1) is 22.7. The maximum atomic E-state index is 13.4. The molecule has 0 saturated carbocycles. The highest BCUT2D eigenvalue weighted by Crippen LogP contribution is 2.39. The number of rotatable bonds is 11. The predicted molar refractivity (Wildman–Crippen MR) is 187 cm³/mol. The number of nitrogens with zero attached hydrogens (tertiary/aromatic N) is 7. The highest BCUT2D eigenvalue weighted by Gasteiger charge is 2.33. The molecule has 3 aliphatic rings. The summed E-state index contributed by atoms with van der Waals surface area (Å²) in [6.45, 7) is 14.6. The summed E-state index contributed by atoms with van der Waals surface area (Å²) in [6.07, 6.45) is 1.54. The van der Waals surface area contributed by atoms with Crippen molar-refractivity contribution >= 4 is 46.3 Å². The Morgan fingerprint density at radius 1 is 0.957 bits per heavy atom. The van der Waals surface area contributed by atoms with Crippen molar-refractivity contribution in [1.82, 2.24) is 29.6 Å². The molecule has 47 heavy (non-hydrogen) atoms. The number of ether oxygens (including phenoxy) is 2. The zero-order valence-electron chi connectivity index (χ0n) is 28.1. The van der Waals surface area contributed by atoms with Crippen LogP contribution >= 0.6 is 11.6 Å². The smallest absolute Gasteiger partial charge is 0.256 e. The van der Waals surface area contributed by atoms with Gasteiger partial charge in [-0.25, -0.2) is 4.98 Å². The number of nitrogens with one attached hydrogen (secondary N) is 2. The van der Waals surface area contributed by atoms with Crippen molar-refractivity contribution in [1.29, 1.82) is 0 Å². The minimum atomic E-state index is -0.0238. The summed E-state index contributed by atoms with van der Waals surface area (Å²) in [7, 11) is 5.61. The standard InChI is InChI=1S/C34H46ClN9O3/c1-23(2)43-14-16-44(17-15-43)29-9-8-28(31-25(29)22-41(4)33(31)45)37-32-26(35)21-36-34(39-32)38-27-7-6-24(20-30(27)46-5)47-19-18-42-12-10-40(3)11-13-42/h6-9,20-21,23H,10-19,22H2,1-5H3,(H2,36,37,38,39). The lowest BCUT2D eigenvalue weighted by Crippen LogP contribution is -2.49. The van der Waals surface area contributed by atoms with Crippen LogP contribution in [0.4, 0.5) is 28.8 Å². The molecule has 4 heterocycles. The first-order valence-corrected chi connectivity index (χ1v) is 16.8. The molecule has 2 N–H and O–H groups in total. The predicted octanol–water partition coefficient (Wildman–Crippen LogP) is 4.37. The Kier molecular flexibility index (Phi) is 10.2. The van der Waals surface area contributed by atoms with Gasteiger partial charge in [0.25, 0.3) is 5.91 Å². The van der Waals surface area contributed by atoms with E-state index in [9.17, 15) is 4.79 Å². The van der Waals surface area contributed by atoms with Crippen LogP contribution in [0.2, 0.25) is 5.02 Å². The molecule has 0 spiro atoms. The number of hydrogen-bond acceptors (Lipinski definition) is 11. The number of fused-ring (bicyclic) bond motifs is 1. The lowest BCUT2D eigenvalue weighted by molar-refractivity contribution is 0.0817. The van der Waals surface area contributed by atoms with Gasteiger partial charge in [0.1, 0.15) is 23.1 Å². The molecule has 0 radical (unpaired) electrons. The van der Waals surface area contributed by atoms with E-state index in [0.29, 0.717) is 58.7 Å². The fourth-order valence-electron chi connectivity index (χ4n) is 6.41. The quantitative estimate of drug-likeness (QED) is 0.306. The number of benzene rings is 2. The molecule has 2 fully saturated rings. The number of halogens is 1. The number of carbonyl (C=O) groups excluding carboxylic acids is 1. The van der Waals surface area contributed by atoms with E-state index in [1.807, 2.05) is 31.3 Å². The van der Waals surface area contributed by atoms with E-state index in [-0.39, 0.29) is 5.91 Å². The Hall–Kier alpha value is -3.84. The normalized spacial score (nSPS) is 17.7. The van der Waals surface area contributed by atoms with Gasteiger partial charge >= 0.3 is 0 Å². The molecule has 0 aliphatic carbocycles. The topological polar surface area (TPSA) is 102 Å². The van der Waals surface area contributed by atoms with Gasteiger partial charge in [-0.05, 0) is 45.2 Å². The van der Waals surface area contributed by atoms with E-state index in [4.69, 9.17) is 21.1 Å². The zero-order chi connectivity index (χ0) is 33.1. The number of piperazine rings is 2. The second kappa shape index (κ2) is 14.5. The summed E-state index contributed by atoms with van der Waals surface area (Å²) in [6, 6.07) is 10.2. The van der Waals surface area contributed by atoms with Crippen LogP contribution in [0, 0.1) is 0 Å². The number of likely N-dealkylation sites (N-methyl/N-ethyl adjacent to an activating group) is 1. The molecule has 12 nitrogen and oxygen atoms in total. The fraction of sp³-hybridized carbons (Fsp3) is 0.500. The average molecular weight is 664 g/mol. The van der Waals surface area contributed by atoms with Crippen molar-refractivity contribution in [3.63, 3.8) is 0 Å². The monoisotopic (exact) mass is 663 g/mol. The first-order valence-electron chi connectivity index (χ1n) is 16.4. The van der Waals surface area contributed by atoms with Gasteiger partial charge in [-0.2, -0.15) is 4.98 Å². The lowest BCUT2D eigenvalue weighted by atomic mass is 10.0. The molecule has 0 unspecified atom stereocenters. The summed E-state index contributed by atoms with van der Waals surface area (Å²) in [5, 5.41) is 6.93. The number of carbonyl (C=O) groups is 1. The molecule has 3 aromatic rings. The van der Waals surface area contributed by atoms with Crippen LogP contribution in [0.15, 0.2) is 36.5 Å². The Bertz CT molecular complexity index is 1570. The van der Waals surface area contributed by atoms with Gasteiger partial charge < -0.3 is 34.8 Å². The van der Waals surface area contributed by atoms with Gasteiger partial charge in [-0.1, -0.05) is 11.6 Å². The molecular formula is C34H46ClN9O3. The maximum Gasteiger partial charge on any atom is 0.256 e. The van der Waals surface area contributed by atoms with E-state index in [0.717, 1.165) is 75.9 Å². The van der Waals surface area contributed by atoms with Crippen LogP contribution in [0.3, 0.4) is 0 Å². The van der Waals surface area contributed by atoms with Crippen LogP contribution in [0.25, 0.3) is 0 Å². The molecule has 2 aromatic carbocycles. The highest BCUT2D eigenvalue weighted by atomic mass is 35.5. The van der Waals surface area contributed by atoms with Crippen molar-refractivity contribution in [3.8, 4) is 11.5 Å². The third-order valence-electron chi connectivity index (χ3n) is 9.32. The molecule has 0 atom stereocenters. The molecule has 3 aliphatic heterocycles. The molecule has 0 bridgehead atoms. The minimum absolute atomic E-state index is 0.0238. The van der Waals surface area contributed by atoms with E-state index >= 15 is 0 Å². The third-order valence-corrected chi connectivity index (χ3v) is 9.59. The van der Waals surface area contributed by atoms with Gasteiger partial charge in [0, 0.05) is 95.9 Å². The largest absolute Gasteiger partial charge is 0.494 e. The summed E-state index contributed by atoms with van der Waals surface area (Å²) in [5.74, 6) is 2.04. The molecule has 252 valence electrons. The maximum absolute atomic E-state index is 13.4. The zero-order valence-corrected chi connectivity index (χ0v) is 28.8. The van der Waals surface area contributed by atoms with E-state index in [2.05, 4.69) is 67.2 Å². The molecular weight excluding hydrogens is 618 g/mol. The van der Waals surface area contributed by atoms with Crippen LogP contribution in [-0.4, -0.2) is 128 Å². The van der Waals surface area contributed by atoms with Gasteiger partial charge in [-0.3, -0.25) is 14.6 Å². The van der Waals surface area contributed by atoms with Crippen molar-refractivity contribution < 1.29 is 14.3 Å². The summed E-state index contributed by atoms with van der Waals surface area (Å²) < 4.78 is 11.7. The molecule has 1 amide bonds. The fourth-order valence-corrected chi connectivity index (χ4v) is 6.55. The lowest BCUT2D eigenvalue weighted by Gasteiger charge is -2.38. The molecule has 6 rings (SSSR count). The Morgan fingerprint density at radius 2 is 1.70 bits per heavy atom. The SMILES string of the molecule is COc1cc(OCCN2CCN(C)CC2)ccc1Nc1ncc(Cl)c(Nc2ccc(N3CCN(C(C)C)CC3)c3c2C(=O)N(C)C3)n1. The third kappa shape index (κ3) is 7.51. The van der Waals surface area contributed by atoms with Crippen molar-refractivity contribution in [3.05, 3.63) is 52.7 Å². The van der Waals surface area contributed by atoms with Crippen molar-refractivity contribution in [2.24, 2.45) is 0 Å². The van der Waals surface area contributed by atoms with Crippen LogP contribution in [0.1, 0.15) is 29.8 Å². The minimum Gasteiger partial charge on any atom is -0.494 e. The highest BCUT2D eigenvalue weighted by molar-refractivity contribution is 6.33. The second-order valence-electron chi connectivity index (χ2n) is 12.8. The van der Waals surface area contributed by atoms with E-state index in [1.54, 1.807) is 12.0 Å². The van der Waals surface area contributed by atoms with Crippen LogP contribution in [-0.2, 0) is 6.54 Å². The summed E-state index contributed by atoms with van der Waals surface area (Å²) in [5.41, 5.74) is 4.15. The van der Waals surface area contributed by atoms with Gasteiger partial charge in [0.05, 0.1) is 30.2 Å². The molecule has 13 heteroatoms. The Morgan fingerprint density at radius 3 is 2.43 bits per heavy atom. The summed E-state index contributed by atoms with van der Waals surface area (Å²) >= 11 is 6.58. The number of methoxy groups -OCH3 is 1. The van der Waals surface area contributed by atoms with Crippen molar-refractivity contribution in [2.45, 2.75) is 26.4 Å². The Balaban J connectivity index is 1.15. The number of hydrogen-bond donors (Lipinski definition) is 2. The van der Waals surface area contributed by atoms with Crippen molar-refractivity contribution in [2.75, 3.05) is 102 Å². The number of amides is 1. The van der Waals surface area contributed by atoms with Crippen LogP contribution in [0.5, 0.6) is 11.5 Å². The van der Waals surface area contributed by atoms with E-state index in [1.165, 1.54) is 6.20 Å². The number of aromatic nitrogens is 2. The molecule has 2 saturated heterocycles. The van der Waals surface area contributed by atoms with Gasteiger partial charge in [0.2, 0.25) is 5.95 Å². The van der Waals surface area contributed by atoms with E-state index < -0.39 is 0 Å². The first kappa shape index (κ1) is 33.1. The number of anilines is 5. The Labute approximate surface area is 282 Å². The van der Waals surface area contributed by atoms with Gasteiger partial charge in [-0.15, -0.1) is 0 Å². The van der Waals surface area contributed by atoms with Crippen LogP contribution < -0.4 is 25.0 Å².